The van der Waals surface area contributed by atoms with Crippen LogP contribution in [0, 0.1) is 0 Å². The first-order chi connectivity index (χ1) is 15.0. The van der Waals surface area contributed by atoms with Crippen molar-refractivity contribution in [3.05, 3.63) is 54.6 Å². The molecule has 1 aliphatic carbocycles. The molecule has 7 heteroatoms. The van der Waals surface area contributed by atoms with E-state index in [0.717, 1.165) is 65.4 Å². The number of pyridine rings is 2. The number of nitrogens with zero attached hydrogens (tertiary/aromatic N) is 3. The number of piperidine rings is 1. The fraction of sp³-hybridized carbons (Fsp3) is 0.417. The Morgan fingerprint density at radius 3 is 2.52 bits per heavy atom. The van der Waals surface area contributed by atoms with Gasteiger partial charge in [0.2, 0.25) is 10.0 Å². The first-order valence-corrected chi connectivity index (χ1v) is 12.6. The third-order valence-electron chi connectivity index (χ3n) is 6.40. The highest BCUT2D eigenvalue weighted by Crippen LogP contribution is 2.34. The van der Waals surface area contributed by atoms with Gasteiger partial charge in [-0.3, -0.25) is 9.97 Å². The number of rotatable bonds is 6. The molecule has 162 valence electrons. The molecule has 0 atom stereocenters. The molecular formula is C24H28N4O2S. The summed E-state index contributed by atoms with van der Waals surface area (Å²) in [4.78, 5) is 8.88. The fourth-order valence-corrected chi connectivity index (χ4v) is 6.21. The summed E-state index contributed by atoms with van der Waals surface area (Å²) in [6.45, 7) is 3.29. The van der Waals surface area contributed by atoms with E-state index < -0.39 is 10.0 Å². The maximum absolute atomic E-state index is 12.5. The van der Waals surface area contributed by atoms with Gasteiger partial charge in [-0.1, -0.05) is 13.0 Å². The summed E-state index contributed by atoms with van der Waals surface area (Å²) in [5.74, 6) is 0. The molecule has 1 saturated carbocycles. The number of benzene rings is 1. The molecular weight excluding hydrogens is 408 g/mol. The summed E-state index contributed by atoms with van der Waals surface area (Å²) < 4.78 is 26.7. The van der Waals surface area contributed by atoms with Crippen LogP contribution in [0.4, 0.5) is 5.69 Å². The summed E-state index contributed by atoms with van der Waals surface area (Å²) in [6.07, 6.45) is 9.83. The summed E-state index contributed by atoms with van der Waals surface area (Å²) >= 11 is 0. The molecule has 5 rings (SSSR count). The normalized spacial score (nSPS) is 18.4. The van der Waals surface area contributed by atoms with Crippen molar-refractivity contribution in [2.75, 3.05) is 18.4 Å². The van der Waals surface area contributed by atoms with Gasteiger partial charge < -0.3 is 5.32 Å². The largest absolute Gasteiger partial charge is 0.382 e. The van der Waals surface area contributed by atoms with Gasteiger partial charge in [-0.15, -0.1) is 0 Å². The molecule has 6 nitrogen and oxygen atoms in total. The number of hydrogen-bond acceptors (Lipinski definition) is 5. The van der Waals surface area contributed by atoms with E-state index in [1.807, 2.05) is 24.7 Å². The average molecular weight is 437 g/mol. The second-order valence-corrected chi connectivity index (χ2v) is 10.8. The first kappa shape index (κ1) is 20.4. The molecule has 0 bridgehead atoms. The highest BCUT2D eigenvalue weighted by atomic mass is 32.2. The molecule has 0 spiro atoms. The molecule has 2 fully saturated rings. The average Bonchev–Trinajstić information content (AvgIpc) is 3.66. The first-order valence-electron chi connectivity index (χ1n) is 11.1. The summed E-state index contributed by atoms with van der Waals surface area (Å²) in [5, 5.41) is 5.77. The van der Waals surface area contributed by atoms with Gasteiger partial charge in [0.25, 0.3) is 0 Å². The van der Waals surface area contributed by atoms with Crippen LogP contribution in [0.15, 0.2) is 48.9 Å². The molecule has 2 aromatic heterocycles. The van der Waals surface area contributed by atoms with Crippen molar-refractivity contribution in [1.29, 1.82) is 0 Å². The van der Waals surface area contributed by atoms with Gasteiger partial charge in [-0.05, 0) is 67.3 Å². The van der Waals surface area contributed by atoms with Crippen LogP contribution >= 0.6 is 0 Å². The van der Waals surface area contributed by atoms with Gasteiger partial charge in [0.05, 0.1) is 5.25 Å². The van der Waals surface area contributed by atoms with E-state index in [9.17, 15) is 8.42 Å². The minimum Gasteiger partial charge on any atom is -0.382 e. The molecule has 3 aromatic rings. The predicted octanol–water partition coefficient (Wildman–Crippen LogP) is 4.23. The maximum Gasteiger partial charge on any atom is 0.216 e. The van der Waals surface area contributed by atoms with Gasteiger partial charge in [0.1, 0.15) is 0 Å². The number of sulfonamides is 1. The van der Waals surface area contributed by atoms with Crippen molar-refractivity contribution < 1.29 is 8.42 Å². The molecule has 0 amide bonds. The minimum absolute atomic E-state index is 0.128. The Morgan fingerprint density at radius 2 is 1.84 bits per heavy atom. The van der Waals surface area contributed by atoms with Gasteiger partial charge in [0.15, 0.2) is 0 Å². The van der Waals surface area contributed by atoms with Crippen molar-refractivity contribution in [1.82, 2.24) is 14.3 Å². The number of fused-ring (bicyclic) bond motifs is 1. The van der Waals surface area contributed by atoms with E-state index in [1.54, 1.807) is 4.31 Å². The fourth-order valence-electron chi connectivity index (χ4n) is 4.34. The monoisotopic (exact) mass is 436 g/mol. The van der Waals surface area contributed by atoms with Gasteiger partial charge >= 0.3 is 0 Å². The van der Waals surface area contributed by atoms with Crippen LogP contribution in [0.25, 0.3) is 21.9 Å². The molecule has 1 N–H and O–H groups in total. The summed E-state index contributed by atoms with van der Waals surface area (Å²) in [7, 11) is -3.08. The van der Waals surface area contributed by atoms with Crippen LogP contribution in [0.5, 0.6) is 0 Å². The maximum atomic E-state index is 12.5. The van der Waals surface area contributed by atoms with E-state index in [4.69, 9.17) is 0 Å². The Labute approximate surface area is 183 Å². The zero-order valence-electron chi connectivity index (χ0n) is 17.8. The zero-order chi connectivity index (χ0) is 21.4. The van der Waals surface area contributed by atoms with Gasteiger partial charge in [-0.25, -0.2) is 12.7 Å². The third kappa shape index (κ3) is 4.16. The lowest BCUT2D eigenvalue weighted by atomic mass is 10.00. The SMILES string of the molecule is CCc1ccc(-c2cc(NC3CCN(S(=O)(=O)C4CC4)CC3)c3cnccc3c2)cn1. The molecule has 0 radical (unpaired) electrons. The van der Waals surface area contributed by atoms with Crippen LogP contribution < -0.4 is 5.32 Å². The lowest BCUT2D eigenvalue weighted by molar-refractivity contribution is 0.329. The Bertz CT molecular complexity index is 1180. The lowest BCUT2D eigenvalue weighted by Gasteiger charge is -2.32. The molecule has 0 unspecified atom stereocenters. The number of aromatic nitrogens is 2. The van der Waals surface area contributed by atoms with E-state index in [-0.39, 0.29) is 11.3 Å². The molecule has 1 aliphatic heterocycles. The Kier molecular flexibility index (Phi) is 5.40. The Morgan fingerprint density at radius 1 is 1.03 bits per heavy atom. The second kappa shape index (κ2) is 8.20. The van der Waals surface area contributed by atoms with Crippen LogP contribution in [0.1, 0.15) is 38.3 Å². The predicted molar refractivity (Wildman–Crippen MR) is 125 cm³/mol. The molecule has 1 aromatic carbocycles. The van der Waals surface area contributed by atoms with Crippen LogP contribution in [0.2, 0.25) is 0 Å². The van der Waals surface area contributed by atoms with Crippen LogP contribution in [0.3, 0.4) is 0 Å². The molecule has 31 heavy (non-hydrogen) atoms. The smallest absolute Gasteiger partial charge is 0.216 e. The van der Waals surface area contributed by atoms with Crippen molar-refractivity contribution in [2.45, 2.75) is 50.3 Å². The van der Waals surface area contributed by atoms with Crippen LogP contribution in [-0.4, -0.2) is 47.1 Å². The number of aryl methyl sites for hydroxylation is 1. The highest BCUT2D eigenvalue weighted by Gasteiger charge is 2.41. The van der Waals surface area contributed by atoms with Crippen molar-refractivity contribution in [2.24, 2.45) is 0 Å². The van der Waals surface area contributed by atoms with E-state index in [2.05, 4.69) is 46.5 Å². The highest BCUT2D eigenvalue weighted by molar-refractivity contribution is 7.90. The topological polar surface area (TPSA) is 75.2 Å². The van der Waals surface area contributed by atoms with E-state index in [1.165, 1.54) is 0 Å². The molecule has 3 heterocycles. The Hall–Kier alpha value is -2.51. The van der Waals surface area contributed by atoms with Gasteiger partial charge in [-0.2, -0.15) is 0 Å². The van der Waals surface area contributed by atoms with Crippen molar-refractivity contribution in [3.63, 3.8) is 0 Å². The second-order valence-electron chi connectivity index (χ2n) is 8.57. The van der Waals surface area contributed by atoms with E-state index in [0.29, 0.717) is 13.1 Å². The molecule has 1 saturated heterocycles. The summed E-state index contributed by atoms with van der Waals surface area (Å²) in [5.41, 5.74) is 4.33. The molecule has 2 aliphatic rings. The standard InChI is InChI=1S/C24H28N4O2S/c1-2-20-4-3-18(15-26-20)19-13-17-7-10-25-16-23(17)24(14-19)27-21-8-11-28(12-9-21)31(29,30)22-5-6-22/h3-4,7,10,13-16,21-22,27H,2,5-6,8-9,11-12H2,1H3. The van der Waals surface area contributed by atoms with Crippen molar-refractivity contribution in [3.8, 4) is 11.1 Å². The quantitative estimate of drug-likeness (QED) is 0.626. The van der Waals surface area contributed by atoms with Crippen molar-refractivity contribution >= 4 is 26.5 Å². The Balaban J connectivity index is 1.39. The third-order valence-corrected chi connectivity index (χ3v) is 8.79. The summed E-state index contributed by atoms with van der Waals surface area (Å²) in [6, 6.07) is 10.8. The van der Waals surface area contributed by atoms with E-state index >= 15 is 0 Å². The zero-order valence-corrected chi connectivity index (χ0v) is 18.6. The number of anilines is 1. The van der Waals surface area contributed by atoms with Crippen LogP contribution in [-0.2, 0) is 16.4 Å². The number of nitrogens with one attached hydrogen (secondary N) is 1. The van der Waals surface area contributed by atoms with Gasteiger partial charge in [0, 0.05) is 60.1 Å². The number of hydrogen-bond donors (Lipinski definition) is 1. The minimum atomic E-state index is -3.08. The lowest BCUT2D eigenvalue weighted by Crippen LogP contribution is -2.43.